The van der Waals surface area contributed by atoms with Gasteiger partial charge in [0, 0.05) is 22.8 Å². The average molecular weight is 304 g/mol. The van der Waals surface area contributed by atoms with Crippen molar-refractivity contribution in [2.45, 2.75) is 19.5 Å². The molecule has 2 N–H and O–H groups in total. The van der Waals surface area contributed by atoms with Crippen LogP contribution in [0.3, 0.4) is 0 Å². The Hall–Kier alpha value is -2.18. The molecular formula is C14H14ClN5O. The fraction of sp³-hybridized carbons (Fsp3) is 0.214. The van der Waals surface area contributed by atoms with Crippen LogP contribution < -0.4 is 5.73 Å². The summed E-state index contributed by atoms with van der Waals surface area (Å²) in [6.45, 7) is 2.56. The van der Waals surface area contributed by atoms with Gasteiger partial charge in [-0.3, -0.25) is 4.68 Å². The van der Waals surface area contributed by atoms with Gasteiger partial charge in [-0.2, -0.15) is 10.1 Å². The van der Waals surface area contributed by atoms with Crippen LogP contribution in [-0.4, -0.2) is 26.0 Å². The highest BCUT2D eigenvalue weighted by Gasteiger charge is 2.12. The number of nitrogens with two attached hydrogens (primary N) is 1. The van der Waals surface area contributed by atoms with E-state index in [2.05, 4.69) is 15.2 Å². The van der Waals surface area contributed by atoms with Gasteiger partial charge in [0.2, 0.25) is 5.82 Å². The van der Waals surface area contributed by atoms with E-state index in [1.54, 1.807) is 23.0 Å². The lowest BCUT2D eigenvalue weighted by Crippen LogP contribution is -2.22. The zero-order valence-corrected chi connectivity index (χ0v) is 12.2. The van der Waals surface area contributed by atoms with Crippen LogP contribution in [0.4, 0.5) is 0 Å². The molecule has 0 saturated heterocycles. The monoisotopic (exact) mass is 303 g/mol. The fourth-order valence-corrected chi connectivity index (χ4v) is 2.05. The van der Waals surface area contributed by atoms with E-state index < -0.39 is 0 Å². The second kappa shape index (κ2) is 5.67. The molecule has 0 spiro atoms. The quantitative estimate of drug-likeness (QED) is 0.801. The first-order chi connectivity index (χ1) is 10.1. The predicted molar refractivity (Wildman–Crippen MR) is 79.6 cm³/mol. The van der Waals surface area contributed by atoms with Crippen molar-refractivity contribution in [3.8, 4) is 22.8 Å². The van der Waals surface area contributed by atoms with Crippen LogP contribution in [0.5, 0.6) is 0 Å². The Balaban J connectivity index is 1.84. The first-order valence-corrected chi connectivity index (χ1v) is 6.87. The van der Waals surface area contributed by atoms with Crippen molar-refractivity contribution >= 4 is 11.6 Å². The number of halogens is 1. The summed E-state index contributed by atoms with van der Waals surface area (Å²) in [5.41, 5.74) is 7.35. The molecule has 108 valence electrons. The molecule has 3 aromatic rings. The third kappa shape index (κ3) is 3.12. The van der Waals surface area contributed by atoms with Gasteiger partial charge in [0.25, 0.3) is 5.89 Å². The lowest BCUT2D eigenvalue weighted by molar-refractivity contribution is 0.432. The lowest BCUT2D eigenvalue weighted by atomic mass is 10.2. The number of hydrogen-bond acceptors (Lipinski definition) is 5. The van der Waals surface area contributed by atoms with Crippen LogP contribution in [0.1, 0.15) is 6.92 Å². The summed E-state index contributed by atoms with van der Waals surface area (Å²) in [7, 11) is 0. The van der Waals surface area contributed by atoms with Gasteiger partial charge in [-0.25, -0.2) is 0 Å². The van der Waals surface area contributed by atoms with Crippen molar-refractivity contribution in [2.24, 2.45) is 5.73 Å². The van der Waals surface area contributed by atoms with Crippen molar-refractivity contribution < 1.29 is 4.52 Å². The molecule has 1 aromatic carbocycles. The summed E-state index contributed by atoms with van der Waals surface area (Å²) in [5, 5.41) is 8.86. The third-order valence-corrected chi connectivity index (χ3v) is 3.14. The van der Waals surface area contributed by atoms with Gasteiger partial charge in [-0.1, -0.05) is 16.8 Å². The van der Waals surface area contributed by atoms with E-state index in [9.17, 15) is 0 Å². The van der Waals surface area contributed by atoms with Gasteiger partial charge in [-0.05, 0) is 31.2 Å². The van der Waals surface area contributed by atoms with E-state index >= 15 is 0 Å². The molecule has 1 atom stereocenters. The summed E-state index contributed by atoms with van der Waals surface area (Å²) in [6.07, 6.45) is 3.52. The molecule has 0 aliphatic heterocycles. The summed E-state index contributed by atoms with van der Waals surface area (Å²) < 4.78 is 7.03. The van der Waals surface area contributed by atoms with Crippen molar-refractivity contribution in [3.63, 3.8) is 0 Å². The number of aromatic nitrogens is 4. The van der Waals surface area contributed by atoms with Crippen molar-refractivity contribution in [1.29, 1.82) is 0 Å². The van der Waals surface area contributed by atoms with Crippen LogP contribution in [0.25, 0.3) is 22.8 Å². The maximum Gasteiger partial charge on any atom is 0.261 e. The SMILES string of the molecule is CC(N)Cn1cc(-c2nc(-c3ccc(Cl)cc3)no2)cn1. The first-order valence-electron chi connectivity index (χ1n) is 6.50. The summed E-state index contributed by atoms with van der Waals surface area (Å²) in [4.78, 5) is 4.37. The highest BCUT2D eigenvalue weighted by atomic mass is 35.5. The summed E-state index contributed by atoms with van der Waals surface area (Å²) in [6, 6.07) is 7.29. The second-order valence-electron chi connectivity index (χ2n) is 4.86. The normalized spacial score (nSPS) is 12.5. The maximum atomic E-state index is 5.86. The highest BCUT2D eigenvalue weighted by molar-refractivity contribution is 6.30. The standard InChI is InChI=1S/C14H14ClN5O/c1-9(16)7-20-8-11(6-17-20)14-18-13(19-21-14)10-2-4-12(15)5-3-10/h2-6,8-9H,7,16H2,1H3. The van der Waals surface area contributed by atoms with Gasteiger partial charge in [0.05, 0.1) is 18.3 Å². The van der Waals surface area contributed by atoms with E-state index in [0.29, 0.717) is 23.3 Å². The minimum atomic E-state index is 0.0325. The van der Waals surface area contributed by atoms with E-state index in [0.717, 1.165) is 11.1 Å². The Morgan fingerprint density at radius 2 is 2.05 bits per heavy atom. The van der Waals surface area contributed by atoms with Crippen molar-refractivity contribution in [1.82, 2.24) is 19.9 Å². The third-order valence-electron chi connectivity index (χ3n) is 2.88. The topological polar surface area (TPSA) is 82.8 Å². The molecular weight excluding hydrogens is 290 g/mol. The molecule has 3 rings (SSSR count). The summed E-state index contributed by atoms with van der Waals surface area (Å²) in [5.74, 6) is 0.942. The molecule has 21 heavy (non-hydrogen) atoms. The largest absolute Gasteiger partial charge is 0.333 e. The number of nitrogens with zero attached hydrogens (tertiary/aromatic N) is 4. The Kier molecular flexibility index (Phi) is 3.72. The number of rotatable bonds is 4. The molecule has 2 heterocycles. The van der Waals surface area contributed by atoms with Gasteiger partial charge < -0.3 is 10.3 Å². The smallest absolute Gasteiger partial charge is 0.261 e. The van der Waals surface area contributed by atoms with Gasteiger partial charge in [-0.15, -0.1) is 0 Å². The van der Waals surface area contributed by atoms with Crippen LogP contribution in [0.2, 0.25) is 5.02 Å². The van der Waals surface area contributed by atoms with Crippen LogP contribution >= 0.6 is 11.6 Å². The Morgan fingerprint density at radius 3 is 2.76 bits per heavy atom. The molecule has 0 saturated carbocycles. The predicted octanol–water partition coefficient (Wildman–Crippen LogP) is 2.60. The fourth-order valence-electron chi connectivity index (χ4n) is 1.93. The molecule has 1 unspecified atom stereocenters. The maximum absolute atomic E-state index is 5.86. The zero-order chi connectivity index (χ0) is 14.8. The molecule has 0 aliphatic carbocycles. The molecule has 0 fully saturated rings. The molecule has 6 nitrogen and oxygen atoms in total. The number of hydrogen-bond donors (Lipinski definition) is 1. The van der Waals surface area contributed by atoms with E-state index in [-0.39, 0.29) is 6.04 Å². The van der Waals surface area contributed by atoms with E-state index in [4.69, 9.17) is 21.9 Å². The summed E-state index contributed by atoms with van der Waals surface area (Å²) >= 11 is 5.86. The molecule has 0 radical (unpaired) electrons. The Labute approximate surface area is 126 Å². The lowest BCUT2D eigenvalue weighted by Gasteiger charge is -2.03. The van der Waals surface area contributed by atoms with Crippen LogP contribution in [0.15, 0.2) is 41.2 Å². The number of benzene rings is 1. The van der Waals surface area contributed by atoms with Crippen molar-refractivity contribution in [2.75, 3.05) is 0 Å². The average Bonchev–Trinajstić information content (AvgIpc) is 3.07. The zero-order valence-electron chi connectivity index (χ0n) is 11.4. The molecule has 7 heteroatoms. The molecule has 0 aliphatic rings. The highest BCUT2D eigenvalue weighted by Crippen LogP contribution is 2.23. The second-order valence-corrected chi connectivity index (χ2v) is 5.29. The van der Waals surface area contributed by atoms with E-state index in [1.165, 1.54) is 0 Å². The van der Waals surface area contributed by atoms with Crippen LogP contribution in [0, 0.1) is 0 Å². The molecule has 0 bridgehead atoms. The molecule has 0 amide bonds. The van der Waals surface area contributed by atoms with Crippen LogP contribution in [-0.2, 0) is 6.54 Å². The van der Waals surface area contributed by atoms with Gasteiger partial charge >= 0.3 is 0 Å². The van der Waals surface area contributed by atoms with Crippen molar-refractivity contribution in [3.05, 3.63) is 41.7 Å². The van der Waals surface area contributed by atoms with Gasteiger partial charge in [0.15, 0.2) is 0 Å². The molecule has 2 aromatic heterocycles. The Bertz CT molecular complexity index is 732. The Morgan fingerprint density at radius 1 is 1.29 bits per heavy atom. The minimum Gasteiger partial charge on any atom is -0.333 e. The van der Waals surface area contributed by atoms with Gasteiger partial charge in [0.1, 0.15) is 0 Å². The first kappa shape index (κ1) is 13.8. The van der Waals surface area contributed by atoms with E-state index in [1.807, 2.05) is 25.3 Å². The minimum absolute atomic E-state index is 0.0325.